The molecular formula is C36H50N4O6S. The number of nitrogens with zero attached hydrogens (tertiary/aromatic N) is 1. The maximum Gasteiger partial charge on any atom is 0.245 e. The van der Waals surface area contributed by atoms with Gasteiger partial charge in [-0.3, -0.25) is 9.59 Å². The van der Waals surface area contributed by atoms with E-state index in [2.05, 4.69) is 16.0 Å². The van der Waals surface area contributed by atoms with E-state index in [-0.39, 0.29) is 61.5 Å². The Morgan fingerprint density at radius 2 is 1.47 bits per heavy atom. The Morgan fingerprint density at radius 3 is 2.04 bits per heavy atom. The number of carbonyl (C=O) groups excluding carboxylic acids is 2. The third-order valence-corrected chi connectivity index (χ3v) is 9.62. The first kappa shape index (κ1) is 37.7. The van der Waals surface area contributed by atoms with Crippen LogP contribution in [0.4, 0.5) is 0 Å². The predicted molar refractivity (Wildman–Crippen MR) is 184 cm³/mol. The zero-order valence-electron chi connectivity index (χ0n) is 28.2. The maximum absolute atomic E-state index is 14.1. The molecule has 1 atom stereocenters. The number of sulfonamides is 1. The van der Waals surface area contributed by atoms with Crippen LogP contribution < -0.4 is 20.7 Å². The summed E-state index contributed by atoms with van der Waals surface area (Å²) in [4.78, 5) is 25.5. The van der Waals surface area contributed by atoms with Crippen molar-refractivity contribution < 1.29 is 27.9 Å². The number of amides is 2. The number of benzene rings is 3. The Balaban J connectivity index is 1.66. The summed E-state index contributed by atoms with van der Waals surface area (Å²) < 4.78 is 34.5. The number of ether oxygens (including phenoxy) is 1. The summed E-state index contributed by atoms with van der Waals surface area (Å²) in [5.74, 6) is -0.000988. The summed E-state index contributed by atoms with van der Waals surface area (Å²) in [5.41, 5.74) is -0.539. The number of carbonyl (C=O) groups is 2. The SMILES string of the molecule is COc1ccc(S(=O)(=O)N(CC(C)C)C(O)(CCNC(=O)CC(C)(C)CNC(=O)CNCc2ccccc2)Cc2ccccc2)cc1. The molecule has 0 radical (unpaired) electrons. The number of hydrogen-bond donors (Lipinski definition) is 4. The van der Waals surface area contributed by atoms with Gasteiger partial charge in [0.2, 0.25) is 21.8 Å². The van der Waals surface area contributed by atoms with Gasteiger partial charge in [0.1, 0.15) is 11.5 Å². The van der Waals surface area contributed by atoms with Crippen LogP contribution >= 0.6 is 0 Å². The molecule has 0 heterocycles. The smallest absolute Gasteiger partial charge is 0.245 e. The second-order valence-electron chi connectivity index (χ2n) is 13.1. The van der Waals surface area contributed by atoms with Crippen LogP contribution in [0.5, 0.6) is 5.75 Å². The van der Waals surface area contributed by atoms with Crippen molar-refractivity contribution in [1.82, 2.24) is 20.3 Å². The highest BCUT2D eigenvalue weighted by Crippen LogP contribution is 2.31. The van der Waals surface area contributed by atoms with E-state index in [9.17, 15) is 23.1 Å². The van der Waals surface area contributed by atoms with Crippen molar-refractivity contribution >= 4 is 21.8 Å². The van der Waals surface area contributed by atoms with E-state index in [4.69, 9.17) is 4.74 Å². The molecule has 2 amide bonds. The van der Waals surface area contributed by atoms with Crippen molar-refractivity contribution in [2.24, 2.45) is 11.3 Å². The van der Waals surface area contributed by atoms with E-state index < -0.39 is 21.2 Å². The molecule has 0 aromatic heterocycles. The predicted octanol–water partition coefficient (Wildman–Crippen LogP) is 4.10. The van der Waals surface area contributed by atoms with Gasteiger partial charge in [0.05, 0.1) is 18.6 Å². The second-order valence-corrected chi connectivity index (χ2v) is 14.9. The van der Waals surface area contributed by atoms with Crippen LogP contribution in [0, 0.1) is 11.3 Å². The standard InChI is InChI=1S/C36H50N4O6S/c1-28(2)26-40(47(44,45)32-18-16-31(46-5)17-19-32)36(43,22-29-12-8-6-9-13-29)20-21-38-33(41)23-35(3,4)27-39-34(42)25-37-24-30-14-10-7-11-15-30/h6-19,28,37,43H,20-27H2,1-5H3,(H,38,41)(H,39,42). The summed E-state index contributed by atoms with van der Waals surface area (Å²) in [6.45, 7) is 8.70. The molecule has 0 fully saturated rings. The van der Waals surface area contributed by atoms with Gasteiger partial charge in [0, 0.05) is 45.4 Å². The molecule has 10 nitrogen and oxygen atoms in total. The Hall–Kier alpha value is -3.77. The Kier molecular flexibility index (Phi) is 14.0. The van der Waals surface area contributed by atoms with Gasteiger partial charge in [-0.25, -0.2) is 8.42 Å². The molecule has 4 N–H and O–H groups in total. The summed E-state index contributed by atoms with van der Waals surface area (Å²) in [6.07, 6.45) is 0.114. The molecule has 47 heavy (non-hydrogen) atoms. The van der Waals surface area contributed by atoms with E-state index in [0.29, 0.717) is 18.8 Å². The maximum atomic E-state index is 14.1. The van der Waals surface area contributed by atoms with Crippen LogP contribution in [0.15, 0.2) is 89.8 Å². The molecule has 1 unspecified atom stereocenters. The van der Waals surface area contributed by atoms with Gasteiger partial charge >= 0.3 is 0 Å². The highest BCUT2D eigenvalue weighted by molar-refractivity contribution is 7.89. The largest absolute Gasteiger partial charge is 0.497 e. The van der Waals surface area contributed by atoms with Crippen LogP contribution in [-0.2, 0) is 32.6 Å². The Labute approximate surface area is 280 Å². The van der Waals surface area contributed by atoms with Crippen molar-refractivity contribution in [3.63, 3.8) is 0 Å². The molecule has 0 bridgehead atoms. The van der Waals surface area contributed by atoms with Crippen molar-refractivity contribution in [1.29, 1.82) is 0 Å². The molecule has 256 valence electrons. The average Bonchev–Trinajstić information content (AvgIpc) is 3.03. The fourth-order valence-corrected chi connectivity index (χ4v) is 7.03. The summed E-state index contributed by atoms with van der Waals surface area (Å²) in [6, 6.07) is 25.1. The molecule has 0 aliphatic carbocycles. The minimum absolute atomic E-state index is 0.0294. The summed E-state index contributed by atoms with van der Waals surface area (Å²) in [5, 5.41) is 21.1. The molecule has 0 aliphatic rings. The lowest BCUT2D eigenvalue weighted by Gasteiger charge is -2.40. The van der Waals surface area contributed by atoms with E-state index in [1.165, 1.54) is 19.2 Å². The molecule has 0 saturated carbocycles. The molecule has 3 aromatic carbocycles. The highest BCUT2D eigenvalue weighted by atomic mass is 32.2. The fraction of sp³-hybridized carbons (Fsp3) is 0.444. The van der Waals surface area contributed by atoms with E-state index in [1.54, 1.807) is 12.1 Å². The molecule has 11 heteroatoms. The van der Waals surface area contributed by atoms with Crippen molar-refractivity contribution in [2.45, 2.75) is 64.1 Å². The van der Waals surface area contributed by atoms with E-state index >= 15 is 0 Å². The average molecular weight is 667 g/mol. The van der Waals surface area contributed by atoms with Crippen LogP contribution in [0.2, 0.25) is 0 Å². The minimum atomic E-state index is -4.15. The van der Waals surface area contributed by atoms with Gasteiger partial charge in [-0.15, -0.1) is 0 Å². The first-order valence-corrected chi connectivity index (χ1v) is 17.4. The number of nitrogens with one attached hydrogen (secondary N) is 3. The molecule has 3 rings (SSSR count). The van der Waals surface area contributed by atoms with Gasteiger partial charge in [0.15, 0.2) is 0 Å². The lowest BCUT2D eigenvalue weighted by atomic mass is 9.88. The molecule has 3 aromatic rings. The fourth-order valence-electron chi connectivity index (χ4n) is 5.20. The topological polar surface area (TPSA) is 137 Å². The third-order valence-electron chi connectivity index (χ3n) is 7.68. The lowest BCUT2D eigenvalue weighted by Crippen LogP contribution is -2.55. The van der Waals surface area contributed by atoms with Gasteiger partial charge in [-0.1, -0.05) is 88.4 Å². The molecule has 0 saturated heterocycles. The lowest BCUT2D eigenvalue weighted by molar-refractivity contribution is -0.125. The van der Waals surface area contributed by atoms with Gasteiger partial charge in [-0.05, 0) is 46.7 Å². The molecule has 0 spiro atoms. The Morgan fingerprint density at radius 1 is 0.872 bits per heavy atom. The summed E-state index contributed by atoms with van der Waals surface area (Å²) >= 11 is 0. The zero-order valence-corrected chi connectivity index (χ0v) is 29.0. The molecular weight excluding hydrogens is 616 g/mol. The number of hydrogen-bond acceptors (Lipinski definition) is 7. The monoisotopic (exact) mass is 666 g/mol. The van der Waals surface area contributed by atoms with Crippen molar-refractivity contribution in [3.05, 3.63) is 96.1 Å². The Bertz CT molecular complexity index is 1520. The first-order valence-electron chi connectivity index (χ1n) is 16.0. The van der Waals surface area contributed by atoms with Crippen LogP contribution in [0.3, 0.4) is 0 Å². The third kappa shape index (κ3) is 12.1. The van der Waals surface area contributed by atoms with E-state index in [0.717, 1.165) is 15.4 Å². The van der Waals surface area contributed by atoms with Crippen LogP contribution in [-0.4, -0.2) is 68.7 Å². The first-order chi connectivity index (χ1) is 22.2. The quantitative estimate of drug-likeness (QED) is 0.142. The van der Waals surface area contributed by atoms with Crippen molar-refractivity contribution in [3.8, 4) is 5.75 Å². The van der Waals surface area contributed by atoms with E-state index in [1.807, 2.05) is 88.4 Å². The second kappa shape index (κ2) is 17.4. The van der Waals surface area contributed by atoms with Crippen LogP contribution in [0.1, 0.15) is 51.7 Å². The van der Waals surface area contributed by atoms with Gasteiger partial charge in [0.25, 0.3) is 0 Å². The normalized spacial score (nSPS) is 13.3. The highest BCUT2D eigenvalue weighted by Gasteiger charge is 2.43. The zero-order chi connectivity index (χ0) is 34.5. The van der Waals surface area contributed by atoms with Gasteiger partial charge < -0.3 is 25.8 Å². The molecule has 0 aliphatic heterocycles. The number of rotatable bonds is 19. The summed E-state index contributed by atoms with van der Waals surface area (Å²) in [7, 11) is -2.64. The number of methoxy groups -OCH3 is 1. The van der Waals surface area contributed by atoms with Crippen molar-refractivity contribution in [2.75, 3.05) is 33.3 Å². The minimum Gasteiger partial charge on any atom is -0.497 e. The van der Waals surface area contributed by atoms with Crippen LogP contribution in [0.25, 0.3) is 0 Å². The number of aliphatic hydroxyl groups is 1. The van der Waals surface area contributed by atoms with Gasteiger partial charge in [-0.2, -0.15) is 4.31 Å².